The monoisotopic (exact) mass is 662 g/mol. The van der Waals surface area contributed by atoms with Gasteiger partial charge in [0.2, 0.25) is 10.0 Å². The summed E-state index contributed by atoms with van der Waals surface area (Å²) in [7, 11) is -0.435. The summed E-state index contributed by atoms with van der Waals surface area (Å²) < 4.78 is 74.8. The Morgan fingerprint density at radius 1 is 0.936 bits per heavy atom. The predicted octanol–water partition coefficient (Wildman–Crippen LogP) is 6.02. The molecule has 6 rings (SSSR count). The fourth-order valence-corrected chi connectivity index (χ4v) is 5.72. The third kappa shape index (κ3) is 6.97. The summed E-state index contributed by atoms with van der Waals surface area (Å²) >= 11 is 0. The lowest BCUT2D eigenvalue weighted by Gasteiger charge is -2.26. The van der Waals surface area contributed by atoms with Crippen molar-refractivity contribution in [1.29, 1.82) is 0 Å². The summed E-state index contributed by atoms with van der Waals surface area (Å²) in [6.45, 7) is 4.91. The summed E-state index contributed by atoms with van der Waals surface area (Å²) in [6.07, 6.45) is 1.80. The summed E-state index contributed by atoms with van der Waals surface area (Å²) in [6, 6.07) is 15.2. The number of anilines is 2. The smallest absolute Gasteiger partial charge is 0.232 e. The number of pyridine rings is 1. The highest BCUT2D eigenvalue weighted by atomic mass is 32.2. The van der Waals surface area contributed by atoms with Gasteiger partial charge in [-0.15, -0.1) is 10.2 Å². The molecule has 0 spiro atoms. The number of nitrogens with zero attached hydrogens (tertiary/aromatic N) is 5. The van der Waals surface area contributed by atoms with Gasteiger partial charge in [-0.3, -0.25) is 14.1 Å². The topological polar surface area (TPSA) is 120 Å². The number of rotatable bonds is 13. The molecular formula is C33H32F2N6O5S. The van der Waals surface area contributed by atoms with Crippen molar-refractivity contribution >= 4 is 32.8 Å². The van der Waals surface area contributed by atoms with Gasteiger partial charge in [0.1, 0.15) is 28.9 Å². The molecule has 3 aromatic carbocycles. The van der Waals surface area contributed by atoms with Crippen LogP contribution in [0.3, 0.4) is 0 Å². The van der Waals surface area contributed by atoms with E-state index in [0.717, 1.165) is 23.4 Å². The molecule has 11 nitrogen and oxygen atoms in total. The number of halogens is 2. The Morgan fingerprint density at radius 3 is 2.43 bits per heavy atom. The quantitative estimate of drug-likeness (QED) is 0.163. The van der Waals surface area contributed by atoms with E-state index in [9.17, 15) is 17.2 Å². The van der Waals surface area contributed by atoms with Crippen LogP contribution in [-0.4, -0.2) is 61.8 Å². The van der Waals surface area contributed by atoms with Crippen molar-refractivity contribution in [2.75, 3.05) is 42.7 Å². The van der Waals surface area contributed by atoms with Crippen molar-refractivity contribution in [1.82, 2.24) is 14.6 Å². The van der Waals surface area contributed by atoms with Crippen molar-refractivity contribution < 1.29 is 31.4 Å². The molecule has 47 heavy (non-hydrogen) atoms. The molecule has 0 saturated heterocycles. The van der Waals surface area contributed by atoms with Gasteiger partial charge in [0.05, 0.1) is 44.5 Å². The lowest BCUT2D eigenvalue weighted by atomic mass is 10.0. The third-order valence-corrected chi connectivity index (χ3v) is 8.97. The number of hydrogen-bond acceptors (Lipinski definition) is 9. The Labute approximate surface area is 270 Å². The number of hydrogen-bond donors (Lipinski definition) is 1. The van der Waals surface area contributed by atoms with E-state index in [1.54, 1.807) is 26.5 Å². The number of nitrogens with one attached hydrogen (secondary N) is 1. The number of fused-ring (bicyclic) bond motifs is 1. The molecule has 0 bridgehead atoms. The van der Waals surface area contributed by atoms with Crippen LogP contribution in [0.15, 0.2) is 71.9 Å². The van der Waals surface area contributed by atoms with Gasteiger partial charge in [0.25, 0.3) is 0 Å². The second kappa shape index (κ2) is 12.9. The molecule has 0 atom stereocenters. The van der Waals surface area contributed by atoms with Crippen molar-refractivity contribution in [3.8, 4) is 34.1 Å². The fraction of sp³-hybridized carbons (Fsp3) is 0.242. The molecule has 0 aliphatic carbocycles. The van der Waals surface area contributed by atoms with Gasteiger partial charge in [-0.05, 0) is 62.4 Å². The van der Waals surface area contributed by atoms with Crippen LogP contribution >= 0.6 is 0 Å². The first kappa shape index (κ1) is 31.7. The van der Waals surface area contributed by atoms with Crippen molar-refractivity contribution in [3.05, 3.63) is 89.9 Å². The van der Waals surface area contributed by atoms with E-state index < -0.39 is 21.7 Å². The molecule has 0 radical (unpaired) electrons. The molecule has 14 heteroatoms. The molecular weight excluding hydrogens is 630 g/mol. The van der Waals surface area contributed by atoms with Crippen LogP contribution in [0.5, 0.6) is 23.0 Å². The van der Waals surface area contributed by atoms with Crippen molar-refractivity contribution in [2.45, 2.75) is 20.4 Å². The summed E-state index contributed by atoms with van der Waals surface area (Å²) in [4.78, 5) is 6.51. The van der Waals surface area contributed by atoms with Crippen LogP contribution in [0.1, 0.15) is 18.3 Å². The van der Waals surface area contributed by atoms with Crippen molar-refractivity contribution in [2.24, 2.45) is 4.99 Å². The maximum absolute atomic E-state index is 14.7. The molecule has 1 aliphatic heterocycles. The van der Waals surface area contributed by atoms with Gasteiger partial charge in [0, 0.05) is 47.3 Å². The Kier molecular flexibility index (Phi) is 8.69. The minimum absolute atomic E-state index is 0.134. The van der Waals surface area contributed by atoms with Crippen LogP contribution in [0, 0.1) is 18.6 Å². The van der Waals surface area contributed by atoms with E-state index >= 15 is 0 Å². The molecule has 1 aliphatic rings. The van der Waals surface area contributed by atoms with E-state index in [4.69, 9.17) is 14.2 Å². The van der Waals surface area contributed by atoms with Gasteiger partial charge < -0.3 is 19.1 Å². The average molecular weight is 663 g/mol. The number of methoxy groups -OCH3 is 2. The van der Waals surface area contributed by atoms with Gasteiger partial charge >= 0.3 is 0 Å². The van der Waals surface area contributed by atoms with Crippen LogP contribution in [0.4, 0.5) is 20.2 Å². The number of sulfonamides is 1. The normalized spacial score (nSPS) is 12.5. The predicted molar refractivity (Wildman–Crippen MR) is 176 cm³/mol. The molecule has 1 N–H and O–H groups in total. The van der Waals surface area contributed by atoms with Crippen LogP contribution in [0.25, 0.3) is 16.8 Å². The number of ether oxygens (including phenoxy) is 3. The number of aryl methyl sites for hydroxylation is 1. The standard InChI is InChI=1S/C33H32F2N6O5S/c1-5-47(42,43)39-24-8-11-30(46-31-10-7-23(34)13-28(31)35)27(14-24)22-12-29(33-38-37-20(2)41(33)18-22)40(19-25-16-36-25)17-21-6-9-26(44-3)15-32(21)45-4/h6-15,18,39H,5,16-17,19H2,1-4H3. The lowest BCUT2D eigenvalue weighted by Crippen LogP contribution is -2.27. The van der Waals surface area contributed by atoms with Gasteiger partial charge in [-0.2, -0.15) is 0 Å². The number of aromatic nitrogens is 3. The zero-order valence-electron chi connectivity index (χ0n) is 26.1. The van der Waals surface area contributed by atoms with Gasteiger partial charge in [-0.1, -0.05) is 0 Å². The molecule has 0 unspecified atom stereocenters. The van der Waals surface area contributed by atoms with Crippen LogP contribution in [0.2, 0.25) is 0 Å². The maximum atomic E-state index is 14.7. The molecule has 244 valence electrons. The van der Waals surface area contributed by atoms with Crippen molar-refractivity contribution in [3.63, 3.8) is 0 Å². The summed E-state index contributed by atoms with van der Waals surface area (Å²) in [5.74, 6) is 0.148. The zero-order valence-corrected chi connectivity index (χ0v) is 26.9. The second-order valence-corrected chi connectivity index (χ2v) is 12.9. The summed E-state index contributed by atoms with van der Waals surface area (Å²) in [5.41, 5.74) is 4.49. The molecule has 5 aromatic rings. The first-order valence-electron chi connectivity index (χ1n) is 14.7. The van der Waals surface area contributed by atoms with Crippen LogP contribution in [-0.2, 0) is 16.6 Å². The highest BCUT2D eigenvalue weighted by molar-refractivity contribution is 7.92. The lowest BCUT2D eigenvalue weighted by molar-refractivity contribution is 0.391. The van der Waals surface area contributed by atoms with Gasteiger partial charge in [-0.25, -0.2) is 17.2 Å². The maximum Gasteiger partial charge on any atom is 0.232 e. The number of benzene rings is 3. The van der Waals surface area contributed by atoms with E-state index in [1.165, 1.54) is 25.1 Å². The minimum Gasteiger partial charge on any atom is -0.497 e. The first-order valence-corrected chi connectivity index (χ1v) is 16.3. The molecule has 0 fully saturated rings. The second-order valence-electron chi connectivity index (χ2n) is 10.9. The Balaban J connectivity index is 1.51. The molecule has 0 saturated carbocycles. The fourth-order valence-electron chi connectivity index (χ4n) is 5.09. The van der Waals surface area contributed by atoms with E-state index in [-0.39, 0.29) is 22.9 Å². The van der Waals surface area contributed by atoms with E-state index in [1.807, 2.05) is 35.6 Å². The SMILES string of the molecule is CCS(=O)(=O)Nc1ccc(Oc2ccc(F)cc2F)c(-c2cc(N(CC3=NC3)Cc3ccc(OC)cc3OC)c3nnc(C)n3c2)c1. The highest BCUT2D eigenvalue weighted by Crippen LogP contribution is 2.40. The molecule has 0 amide bonds. The Bertz CT molecular complexity index is 2120. The average Bonchev–Trinajstić information content (AvgIpc) is 3.81. The molecule has 2 aromatic heterocycles. The summed E-state index contributed by atoms with van der Waals surface area (Å²) in [5, 5.41) is 8.80. The largest absolute Gasteiger partial charge is 0.497 e. The third-order valence-electron chi connectivity index (χ3n) is 7.66. The Morgan fingerprint density at radius 2 is 1.72 bits per heavy atom. The van der Waals surface area contributed by atoms with Crippen LogP contribution < -0.4 is 23.8 Å². The number of aliphatic imine (C=N–C) groups is 1. The van der Waals surface area contributed by atoms with Gasteiger partial charge in [0.15, 0.2) is 17.2 Å². The highest BCUT2D eigenvalue weighted by Gasteiger charge is 2.24. The van der Waals surface area contributed by atoms with E-state index in [0.29, 0.717) is 59.4 Å². The Hall–Kier alpha value is -5.24. The zero-order chi connectivity index (χ0) is 33.3. The molecule has 3 heterocycles. The minimum atomic E-state index is -3.62. The van der Waals surface area contributed by atoms with E-state index in [2.05, 4.69) is 24.8 Å². The first-order chi connectivity index (χ1) is 22.6.